The Hall–Kier alpha value is -4.75. The molecule has 16 heteroatoms. The third-order valence-corrected chi connectivity index (χ3v) is 15.3. The van der Waals surface area contributed by atoms with Gasteiger partial charge in [-0.3, -0.25) is 34.3 Å². The van der Waals surface area contributed by atoms with Crippen molar-refractivity contribution in [3.8, 4) is 0 Å². The van der Waals surface area contributed by atoms with Crippen LogP contribution in [0.5, 0.6) is 0 Å². The van der Waals surface area contributed by atoms with Crippen LogP contribution in [-0.4, -0.2) is 163 Å². The van der Waals surface area contributed by atoms with Gasteiger partial charge in [0.2, 0.25) is 0 Å². The number of aromatic nitrogens is 2. The van der Waals surface area contributed by atoms with E-state index >= 15 is 0 Å². The second-order valence-electron chi connectivity index (χ2n) is 21.7. The summed E-state index contributed by atoms with van der Waals surface area (Å²) in [5.41, 5.74) is 6.42. The standard InChI is InChI=1S/C19H20N2O.C17H22N2O3.C11H15Br2N.C11H17NO2.C5H12O2/c22-18-16-7-4-10-20-17(16)13-19(18)8-11-21(12-9-19)14-15-5-2-1-3-6-15;1-16(2,3)22-15(21)19-9-6-17(7-10-19)11-13-12(14(17)20)5-4-8-18-13;12-6-8-14(9-7-13)10-11-4-2-1-3-5-11;13-8-6-12(7-9-14)10-11-4-2-1-3-5-11;6-4-2-1-3-5-7/h1-7,10H,8-9,11-14H2;4-5,8H,6-7,9-11H2,1-3H3;1-5H,6-10H2;1-5,13-14H,6-10H2;6-7H,1-5H2. The molecule has 0 saturated carbocycles. The molecule has 4 aliphatic rings. The zero-order valence-electron chi connectivity index (χ0n) is 46.9. The number of aliphatic hydroxyl groups excluding tert-OH is 4. The van der Waals surface area contributed by atoms with Crippen molar-refractivity contribution in [2.24, 2.45) is 10.8 Å². The van der Waals surface area contributed by atoms with E-state index in [1.807, 2.05) is 80.3 Å². The first kappa shape index (κ1) is 65.1. The molecule has 1 amide bonds. The van der Waals surface area contributed by atoms with E-state index in [0.717, 1.165) is 118 Å². The first-order valence-corrected chi connectivity index (χ1v) is 30.3. The topological polar surface area (TPSA) is 180 Å². The number of unbranched alkanes of at least 4 members (excludes halogenated alkanes) is 2. The Labute approximate surface area is 486 Å². The Balaban J connectivity index is 0.000000190. The predicted molar refractivity (Wildman–Crippen MR) is 321 cm³/mol. The van der Waals surface area contributed by atoms with Gasteiger partial charge in [0.05, 0.1) is 24.6 Å². The van der Waals surface area contributed by atoms with Crippen molar-refractivity contribution < 1.29 is 39.5 Å². The minimum atomic E-state index is -0.491. The Morgan fingerprint density at radius 2 is 0.962 bits per heavy atom. The van der Waals surface area contributed by atoms with Crippen LogP contribution in [0, 0.1) is 10.8 Å². The first-order valence-electron chi connectivity index (χ1n) is 28.0. The Morgan fingerprint density at radius 1 is 0.557 bits per heavy atom. The molecule has 0 atom stereocenters. The van der Waals surface area contributed by atoms with Crippen LogP contribution in [0.15, 0.2) is 128 Å². The van der Waals surface area contributed by atoms with E-state index in [1.54, 1.807) is 17.3 Å². The van der Waals surface area contributed by atoms with Crippen molar-refractivity contribution in [2.75, 3.05) is 89.4 Å². The molecule has 430 valence electrons. The lowest BCUT2D eigenvalue weighted by Gasteiger charge is -2.38. The van der Waals surface area contributed by atoms with E-state index in [0.29, 0.717) is 51.2 Å². The van der Waals surface area contributed by atoms with Crippen molar-refractivity contribution >= 4 is 49.5 Å². The van der Waals surface area contributed by atoms with Crippen LogP contribution >= 0.6 is 31.9 Å². The second-order valence-corrected chi connectivity index (χ2v) is 23.2. The lowest BCUT2D eigenvalue weighted by Crippen LogP contribution is -2.47. The molecule has 0 unspecified atom stereocenters. The molecule has 2 fully saturated rings. The fraction of sp³-hybridized carbons (Fsp3) is 0.508. The van der Waals surface area contributed by atoms with Crippen LogP contribution in [0.25, 0.3) is 0 Å². The highest BCUT2D eigenvalue weighted by Crippen LogP contribution is 2.45. The van der Waals surface area contributed by atoms with E-state index in [4.69, 9.17) is 25.2 Å². The van der Waals surface area contributed by atoms with Crippen LogP contribution in [0.2, 0.25) is 0 Å². The number of likely N-dealkylation sites (tertiary alicyclic amines) is 2. The van der Waals surface area contributed by atoms with Gasteiger partial charge in [-0.2, -0.15) is 0 Å². The van der Waals surface area contributed by atoms with Crippen LogP contribution in [0.1, 0.15) is 115 Å². The molecule has 2 aliphatic heterocycles. The minimum absolute atomic E-state index is 0.132. The average Bonchev–Trinajstić information content (AvgIpc) is 4.06. The summed E-state index contributed by atoms with van der Waals surface area (Å²) in [6.45, 7) is 15.7. The molecule has 4 heterocycles. The van der Waals surface area contributed by atoms with Gasteiger partial charge in [-0.15, -0.1) is 0 Å². The fourth-order valence-corrected chi connectivity index (χ4v) is 11.3. The third-order valence-electron chi connectivity index (χ3n) is 14.6. The average molecular weight is 1220 g/mol. The SMILES string of the molecule is BrCCN(CCBr)Cc1ccccc1.CC(C)(C)OC(=O)N1CCC2(CC1)Cc1ncccc1C2=O.O=C1c2cccnc2CC12CCN(Cc1ccccc1)CC2.OCCCCCO.OCCN(CCO)Cc1ccccc1. The number of aliphatic hydroxyl groups is 4. The van der Waals surface area contributed by atoms with Gasteiger partial charge in [0.1, 0.15) is 5.60 Å². The number of alkyl halides is 2. The lowest BCUT2D eigenvalue weighted by atomic mass is 9.75. The summed E-state index contributed by atoms with van der Waals surface area (Å²) in [6.07, 6.45) is 10.6. The van der Waals surface area contributed by atoms with Gasteiger partial charge >= 0.3 is 6.09 Å². The summed E-state index contributed by atoms with van der Waals surface area (Å²) in [6, 6.07) is 38.7. The minimum Gasteiger partial charge on any atom is -0.444 e. The molecule has 9 rings (SSSR count). The number of carbonyl (C=O) groups is 3. The number of fused-ring (bicyclic) bond motifs is 2. The van der Waals surface area contributed by atoms with Crippen molar-refractivity contribution in [1.29, 1.82) is 0 Å². The van der Waals surface area contributed by atoms with Crippen LogP contribution < -0.4 is 0 Å². The van der Waals surface area contributed by atoms with Gasteiger partial charge in [0, 0.05) is 130 Å². The van der Waals surface area contributed by atoms with Crippen LogP contribution in [-0.2, 0) is 37.2 Å². The Bertz CT molecular complexity index is 2450. The number of ketones is 2. The van der Waals surface area contributed by atoms with Crippen molar-refractivity contribution in [2.45, 2.75) is 104 Å². The summed E-state index contributed by atoms with van der Waals surface area (Å²) in [5, 5.41) is 36.1. The van der Waals surface area contributed by atoms with Crippen molar-refractivity contribution in [3.63, 3.8) is 0 Å². The van der Waals surface area contributed by atoms with Crippen molar-refractivity contribution in [3.05, 3.63) is 167 Å². The monoisotopic (exact) mass is 1210 g/mol. The Morgan fingerprint density at radius 3 is 1.34 bits per heavy atom. The first-order chi connectivity index (χ1) is 38.2. The molecule has 4 N–H and O–H groups in total. The quantitative estimate of drug-likeness (QED) is 0.0482. The molecule has 2 saturated heterocycles. The summed E-state index contributed by atoms with van der Waals surface area (Å²) < 4.78 is 5.41. The number of hydrogen-bond donors (Lipinski definition) is 4. The smallest absolute Gasteiger partial charge is 0.410 e. The van der Waals surface area contributed by atoms with E-state index in [-0.39, 0.29) is 49.1 Å². The zero-order chi connectivity index (χ0) is 56.9. The highest BCUT2D eigenvalue weighted by atomic mass is 79.9. The fourth-order valence-electron chi connectivity index (χ4n) is 10.3. The summed E-state index contributed by atoms with van der Waals surface area (Å²) in [7, 11) is 0. The van der Waals surface area contributed by atoms with Gasteiger partial charge < -0.3 is 30.1 Å². The van der Waals surface area contributed by atoms with Gasteiger partial charge in [0.25, 0.3) is 0 Å². The third kappa shape index (κ3) is 21.3. The highest BCUT2D eigenvalue weighted by Gasteiger charge is 2.49. The van der Waals surface area contributed by atoms with Crippen LogP contribution in [0.3, 0.4) is 0 Å². The molecule has 3 aromatic carbocycles. The normalized spacial score (nSPS) is 15.9. The van der Waals surface area contributed by atoms with E-state index in [1.165, 1.54) is 16.7 Å². The summed E-state index contributed by atoms with van der Waals surface area (Å²) >= 11 is 6.95. The second kappa shape index (κ2) is 34.5. The maximum atomic E-state index is 12.8. The molecular formula is C63H86Br2N6O8. The highest BCUT2D eigenvalue weighted by molar-refractivity contribution is 9.09. The van der Waals surface area contributed by atoms with Crippen molar-refractivity contribution in [1.82, 2.24) is 29.6 Å². The molecule has 14 nitrogen and oxygen atoms in total. The number of ether oxygens (including phenoxy) is 1. The molecule has 79 heavy (non-hydrogen) atoms. The molecule has 0 radical (unpaired) electrons. The van der Waals surface area contributed by atoms with Gasteiger partial charge in [-0.25, -0.2) is 4.79 Å². The molecule has 5 aromatic rings. The van der Waals surface area contributed by atoms with E-state index in [9.17, 15) is 14.4 Å². The molecule has 2 spiro atoms. The number of piperidine rings is 2. The number of halogens is 2. The van der Waals surface area contributed by atoms with Gasteiger partial charge in [-0.1, -0.05) is 123 Å². The summed E-state index contributed by atoms with van der Waals surface area (Å²) in [5.74, 6) is 0.523. The molecular weight excluding hydrogens is 1130 g/mol. The number of carbonyl (C=O) groups excluding carboxylic acids is 3. The maximum Gasteiger partial charge on any atom is 0.410 e. The number of benzene rings is 3. The number of nitrogens with zero attached hydrogens (tertiary/aromatic N) is 6. The molecule has 2 aromatic heterocycles. The van der Waals surface area contributed by atoms with E-state index < -0.39 is 5.60 Å². The molecule has 0 bridgehead atoms. The maximum absolute atomic E-state index is 12.8. The number of pyridine rings is 2. The number of amides is 1. The zero-order valence-corrected chi connectivity index (χ0v) is 50.0. The van der Waals surface area contributed by atoms with E-state index in [2.05, 4.69) is 112 Å². The van der Waals surface area contributed by atoms with Gasteiger partial charge in [-0.05, 0) is 120 Å². The number of Topliss-reactive ketones (excluding diaryl/α,β-unsaturated/α-hetero) is 2. The largest absolute Gasteiger partial charge is 0.444 e. The van der Waals surface area contributed by atoms with Crippen LogP contribution in [0.4, 0.5) is 4.79 Å². The summed E-state index contributed by atoms with van der Waals surface area (Å²) in [4.78, 5) is 55.0. The predicted octanol–water partition coefficient (Wildman–Crippen LogP) is 9.83. The number of rotatable bonds is 18. The molecule has 2 aliphatic carbocycles. The Kier molecular flexibility index (Phi) is 28.4. The number of hydrogen-bond acceptors (Lipinski definition) is 13. The van der Waals surface area contributed by atoms with Gasteiger partial charge in [0.15, 0.2) is 11.6 Å². The lowest BCUT2D eigenvalue weighted by molar-refractivity contribution is 0.0113.